The van der Waals surface area contributed by atoms with Gasteiger partial charge in [-0.1, -0.05) is 35.3 Å². The standard InChI is InChI=1S/C18H9Cl2NO3S2/c19-11-5-1-9(2-6-11)13-15(10-3-7-12(20)8-4-10)25-18-21(13)14(16(22)23)17(24)26-18/h1-8H,(H-,22,23,24)/p+1. The third-order valence-corrected chi connectivity index (χ3v) is 6.59. The van der Waals surface area contributed by atoms with Gasteiger partial charge < -0.3 is 10.2 Å². The molecule has 2 heterocycles. The summed E-state index contributed by atoms with van der Waals surface area (Å²) in [5, 5.41) is 20.7. The number of benzene rings is 2. The Morgan fingerprint density at radius 2 is 1.42 bits per heavy atom. The van der Waals surface area contributed by atoms with Gasteiger partial charge in [0.25, 0.3) is 5.06 Å². The highest BCUT2D eigenvalue weighted by Crippen LogP contribution is 2.41. The lowest BCUT2D eigenvalue weighted by atomic mass is 10.1. The Morgan fingerprint density at radius 3 is 1.96 bits per heavy atom. The molecule has 4 rings (SSSR count). The molecule has 0 radical (unpaired) electrons. The van der Waals surface area contributed by atoms with Crippen LogP contribution in [0.4, 0.5) is 0 Å². The number of rotatable bonds is 3. The fourth-order valence-electron chi connectivity index (χ4n) is 2.72. The van der Waals surface area contributed by atoms with Crippen molar-refractivity contribution in [1.29, 1.82) is 0 Å². The molecule has 0 unspecified atom stereocenters. The molecule has 0 saturated carbocycles. The number of aromatic hydroxyl groups is 1. The Bertz CT molecular complexity index is 1130. The second-order valence-corrected chi connectivity index (χ2v) is 8.56. The molecule has 0 aliphatic heterocycles. The third-order valence-electron chi connectivity index (χ3n) is 3.85. The van der Waals surface area contributed by atoms with Gasteiger partial charge in [-0.15, -0.1) is 4.40 Å². The van der Waals surface area contributed by atoms with E-state index < -0.39 is 5.97 Å². The summed E-state index contributed by atoms with van der Waals surface area (Å²) in [5.41, 5.74) is 2.26. The third kappa shape index (κ3) is 2.85. The Hall–Kier alpha value is -2.12. The van der Waals surface area contributed by atoms with Gasteiger partial charge >= 0.3 is 15.8 Å². The molecule has 0 saturated heterocycles. The van der Waals surface area contributed by atoms with Crippen molar-refractivity contribution in [1.82, 2.24) is 0 Å². The van der Waals surface area contributed by atoms with Crippen molar-refractivity contribution in [2.45, 2.75) is 0 Å². The summed E-state index contributed by atoms with van der Waals surface area (Å²) >= 11 is 14.5. The minimum Gasteiger partial charge on any atom is -0.494 e. The monoisotopic (exact) mass is 422 g/mol. The Kier molecular flexibility index (Phi) is 4.36. The number of carboxylic acid groups (broad SMARTS) is 1. The molecule has 4 nitrogen and oxygen atoms in total. The molecular weight excluding hydrogens is 413 g/mol. The van der Waals surface area contributed by atoms with Crippen LogP contribution in [0.15, 0.2) is 48.5 Å². The lowest BCUT2D eigenvalue weighted by Gasteiger charge is -2.01. The maximum atomic E-state index is 11.7. The van der Waals surface area contributed by atoms with E-state index in [1.165, 1.54) is 11.3 Å². The Labute approximate surface area is 166 Å². The first-order valence-corrected chi connectivity index (χ1v) is 9.80. The zero-order valence-corrected chi connectivity index (χ0v) is 16.1. The molecule has 0 bridgehead atoms. The first-order valence-electron chi connectivity index (χ1n) is 7.41. The number of thiazole rings is 2. The molecule has 26 heavy (non-hydrogen) atoms. The summed E-state index contributed by atoms with van der Waals surface area (Å²) in [7, 11) is 0. The van der Waals surface area contributed by atoms with Crippen LogP contribution in [0.3, 0.4) is 0 Å². The molecule has 2 N–H and O–H groups in total. The molecule has 2 aromatic heterocycles. The van der Waals surface area contributed by atoms with Crippen LogP contribution in [0.5, 0.6) is 5.06 Å². The Morgan fingerprint density at radius 1 is 0.885 bits per heavy atom. The number of fused-ring (bicyclic) bond motifs is 1. The molecule has 2 aromatic carbocycles. The van der Waals surface area contributed by atoms with Gasteiger partial charge in [-0.2, -0.15) is 0 Å². The largest absolute Gasteiger partial charge is 0.494 e. The van der Waals surface area contributed by atoms with Crippen molar-refractivity contribution in [3.8, 4) is 26.8 Å². The van der Waals surface area contributed by atoms with Gasteiger partial charge in [0.05, 0.1) is 0 Å². The highest BCUT2D eigenvalue weighted by molar-refractivity contribution is 7.38. The van der Waals surface area contributed by atoms with Gasteiger partial charge in [0, 0.05) is 15.6 Å². The fraction of sp³-hybridized carbons (Fsp3) is 0. The van der Waals surface area contributed by atoms with Crippen LogP contribution in [0.2, 0.25) is 10.0 Å². The van der Waals surface area contributed by atoms with E-state index >= 15 is 0 Å². The summed E-state index contributed by atoms with van der Waals surface area (Å²) in [6.45, 7) is 0. The first kappa shape index (κ1) is 17.3. The topological polar surface area (TPSA) is 61.6 Å². The Balaban J connectivity index is 2.09. The lowest BCUT2D eigenvalue weighted by molar-refractivity contribution is -0.494. The smallest absolute Gasteiger partial charge is 0.406 e. The molecule has 4 aromatic rings. The zero-order valence-electron chi connectivity index (χ0n) is 12.9. The van der Waals surface area contributed by atoms with E-state index in [1.807, 2.05) is 24.3 Å². The SMILES string of the molecule is O=C(O)c1c(O)sc2sc(-c3ccc(Cl)cc3)c(-c3ccc(Cl)cc3)[n+]12. The maximum Gasteiger partial charge on any atom is 0.406 e. The van der Waals surface area contributed by atoms with Gasteiger partial charge in [0.1, 0.15) is 4.88 Å². The van der Waals surface area contributed by atoms with E-state index in [2.05, 4.69) is 0 Å². The first-order chi connectivity index (χ1) is 12.5. The molecule has 0 spiro atoms. The lowest BCUT2D eigenvalue weighted by Crippen LogP contribution is -2.27. The maximum absolute atomic E-state index is 11.7. The van der Waals surface area contributed by atoms with Gasteiger partial charge in [0.15, 0.2) is 0 Å². The molecular formula is C18H10Cl2NO3S2+. The number of hydrogen-bond acceptors (Lipinski definition) is 4. The van der Waals surface area contributed by atoms with E-state index in [4.69, 9.17) is 23.2 Å². The average Bonchev–Trinajstić information content (AvgIpc) is 3.10. The number of nitrogens with zero attached hydrogens (tertiary/aromatic N) is 1. The molecule has 0 aliphatic rings. The van der Waals surface area contributed by atoms with Crippen LogP contribution in [0.1, 0.15) is 10.5 Å². The second-order valence-electron chi connectivity index (χ2n) is 5.46. The summed E-state index contributed by atoms with van der Waals surface area (Å²) in [6.07, 6.45) is 0. The van der Waals surface area contributed by atoms with Crippen LogP contribution in [0, 0.1) is 0 Å². The molecule has 130 valence electrons. The van der Waals surface area contributed by atoms with E-state index in [0.717, 1.165) is 27.3 Å². The molecule has 0 fully saturated rings. The minimum atomic E-state index is -1.19. The number of aromatic carboxylic acids is 1. The molecule has 0 amide bonds. The van der Waals surface area contributed by atoms with Crippen LogP contribution in [-0.2, 0) is 0 Å². The molecule has 0 atom stereocenters. The second kappa shape index (κ2) is 6.55. The summed E-state index contributed by atoms with van der Waals surface area (Å²) in [6, 6.07) is 14.5. The normalized spacial score (nSPS) is 11.2. The highest BCUT2D eigenvalue weighted by atomic mass is 35.5. The number of halogens is 2. The predicted octanol–water partition coefficient (Wildman–Crippen LogP) is 5.59. The van der Waals surface area contributed by atoms with Crippen molar-refractivity contribution in [2.75, 3.05) is 0 Å². The van der Waals surface area contributed by atoms with E-state index in [-0.39, 0.29) is 10.8 Å². The number of aromatic nitrogens is 1. The van der Waals surface area contributed by atoms with E-state index in [9.17, 15) is 15.0 Å². The summed E-state index contributed by atoms with van der Waals surface area (Å²) in [4.78, 5) is 12.6. The predicted molar refractivity (Wildman–Crippen MR) is 105 cm³/mol. The van der Waals surface area contributed by atoms with Gasteiger partial charge in [-0.25, -0.2) is 4.79 Å². The highest BCUT2D eigenvalue weighted by Gasteiger charge is 2.36. The molecule has 0 aliphatic carbocycles. The number of hydrogen-bond donors (Lipinski definition) is 2. The van der Waals surface area contributed by atoms with Gasteiger partial charge in [0.2, 0.25) is 5.69 Å². The van der Waals surface area contributed by atoms with Crippen molar-refractivity contribution in [2.24, 2.45) is 0 Å². The van der Waals surface area contributed by atoms with E-state index in [1.54, 1.807) is 28.7 Å². The zero-order chi connectivity index (χ0) is 18.4. The minimum absolute atomic E-state index is 0.147. The van der Waals surface area contributed by atoms with Crippen molar-refractivity contribution in [3.05, 3.63) is 64.3 Å². The number of carbonyl (C=O) groups is 1. The van der Waals surface area contributed by atoms with Crippen molar-refractivity contribution in [3.63, 3.8) is 0 Å². The fourth-order valence-corrected chi connectivity index (χ4v) is 5.35. The average molecular weight is 423 g/mol. The quantitative estimate of drug-likeness (QED) is 0.422. The number of carboxylic acids is 1. The van der Waals surface area contributed by atoms with Crippen LogP contribution >= 0.6 is 45.9 Å². The van der Waals surface area contributed by atoms with Crippen molar-refractivity contribution < 1.29 is 19.4 Å². The van der Waals surface area contributed by atoms with E-state index in [0.29, 0.717) is 19.9 Å². The van der Waals surface area contributed by atoms with Gasteiger partial charge in [-0.3, -0.25) is 0 Å². The summed E-state index contributed by atoms with van der Waals surface area (Å²) < 4.78 is 2.26. The molecule has 8 heteroatoms. The summed E-state index contributed by atoms with van der Waals surface area (Å²) in [5.74, 6) is -1.19. The van der Waals surface area contributed by atoms with Crippen molar-refractivity contribution >= 4 is 56.0 Å². The van der Waals surface area contributed by atoms with Crippen LogP contribution in [-0.4, -0.2) is 16.2 Å². The van der Waals surface area contributed by atoms with Gasteiger partial charge in [-0.05, 0) is 64.6 Å². The van der Waals surface area contributed by atoms with Crippen LogP contribution < -0.4 is 4.40 Å². The van der Waals surface area contributed by atoms with Crippen LogP contribution in [0.25, 0.3) is 25.8 Å².